The van der Waals surface area contributed by atoms with Gasteiger partial charge in [0.2, 0.25) is 5.91 Å². The Labute approximate surface area is 219 Å². The van der Waals surface area contributed by atoms with E-state index in [1.165, 1.54) is 19.3 Å². The van der Waals surface area contributed by atoms with E-state index >= 15 is 0 Å². The van der Waals surface area contributed by atoms with Crippen molar-refractivity contribution in [1.29, 1.82) is 5.26 Å². The van der Waals surface area contributed by atoms with Crippen LogP contribution >= 0.6 is 11.6 Å². The number of carbonyl (C=O) groups excluding carboxylic acids is 2. The zero-order valence-corrected chi connectivity index (χ0v) is 21.2. The van der Waals surface area contributed by atoms with Crippen LogP contribution in [0.5, 0.6) is 0 Å². The van der Waals surface area contributed by atoms with Crippen LogP contribution in [0, 0.1) is 11.3 Å². The van der Waals surface area contributed by atoms with Crippen molar-refractivity contribution in [1.82, 2.24) is 24.8 Å². The van der Waals surface area contributed by atoms with Gasteiger partial charge in [-0.25, -0.2) is 4.98 Å². The molecule has 2 saturated heterocycles. The molecular formula is C26H27ClN8O2. The summed E-state index contributed by atoms with van der Waals surface area (Å²) in [4.78, 5) is 31.0. The Bertz CT molecular complexity index is 1430. The average molecular weight is 519 g/mol. The van der Waals surface area contributed by atoms with E-state index in [-0.39, 0.29) is 12.3 Å². The van der Waals surface area contributed by atoms with Crippen LogP contribution in [0.4, 0.5) is 17.3 Å². The van der Waals surface area contributed by atoms with Crippen LogP contribution in [0.25, 0.3) is 11.7 Å². The fourth-order valence-corrected chi connectivity index (χ4v) is 4.87. The van der Waals surface area contributed by atoms with Crippen molar-refractivity contribution in [3.63, 3.8) is 0 Å². The Kier molecular flexibility index (Phi) is 7.08. The summed E-state index contributed by atoms with van der Waals surface area (Å²) >= 11 is 6.39. The maximum Gasteiger partial charge on any atom is 0.254 e. The third-order valence-electron chi connectivity index (χ3n) is 6.68. The molecule has 1 aromatic carbocycles. The molecule has 2 aliphatic heterocycles. The van der Waals surface area contributed by atoms with Crippen LogP contribution in [0.15, 0.2) is 36.0 Å². The lowest BCUT2D eigenvalue weighted by atomic mass is 10.1. The lowest BCUT2D eigenvalue weighted by Gasteiger charge is -2.32. The van der Waals surface area contributed by atoms with Crippen molar-refractivity contribution in [3.8, 4) is 6.07 Å². The van der Waals surface area contributed by atoms with Crippen molar-refractivity contribution in [2.45, 2.75) is 38.6 Å². The Hall–Kier alpha value is -3.94. The predicted molar refractivity (Wildman–Crippen MR) is 142 cm³/mol. The van der Waals surface area contributed by atoms with Crippen molar-refractivity contribution < 1.29 is 9.59 Å². The lowest BCUT2D eigenvalue weighted by molar-refractivity contribution is -0.124. The van der Waals surface area contributed by atoms with Gasteiger partial charge < -0.3 is 10.6 Å². The number of piperidine rings is 1. The molecule has 3 N–H and O–H groups in total. The number of hydrogen-bond donors (Lipinski definition) is 3. The summed E-state index contributed by atoms with van der Waals surface area (Å²) < 4.78 is 1.69. The number of likely N-dealkylation sites (tertiary alicyclic amines) is 1. The van der Waals surface area contributed by atoms with Gasteiger partial charge in [0.05, 0.1) is 35.0 Å². The van der Waals surface area contributed by atoms with Gasteiger partial charge in [-0.15, -0.1) is 0 Å². The third kappa shape index (κ3) is 5.43. The third-order valence-corrected chi connectivity index (χ3v) is 6.99. The Morgan fingerprint density at radius 3 is 2.76 bits per heavy atom. The molecule has 3 aromatic rings. The number of nitrogens with zero attached hydrogens (tertiary/aromatic N) is 5. The minimum Gasteiger partial charge on any atom is -0.368 e. The maximum absolute atomic E-state index is 12.1. The van der Waals surface area contributed by atoms with Gasteiger partial charge in [0, 0.05) is 29.8 Å². The number of imide groups is 1. The summed E-state index contributed by atoms with van der Waals surface area (Å²) in [5, 5.41) is 23.1. The minimum atomic E-state index is -0.406. The number of nitrogens with one attached hydrogen (secondary N) is 3. The lowest BCUT2D eigenvalue weighted by Crippen LogP contribution is -2.41. The summed E-state index contributed by atoms with van der Waals surface area (Å²) in [5.74, 6) is 0.501. The second kappa shape index (κ2) is 10.6. The Balaban J connectivity index is 1.49. The normalized spacial score (nSPS) is 18.1. The topological polar surface area (TPSA) is 127 Å². The molecule has 1 unspecified atom stereocenters. The summed E-state index contributed by atoms with van der Waals surface area (Å²) in [7, 11) is 0. The standard InChI is InChI=1S/C26H27ClN8O2/c1-16(34-7-3-2-4-8-34)14-29-23-12-22(31-21-6-5-17(13-28)9-20(21)27)32-25-19(15-30-35(23)25)10-18-11-24(36)33-26(18)37/h5-6,9-10,12,15-16,29H,2-4,7-8,11,14H2,1H3,(H,31,32)(H,33,36,37)/b18-10+. The SMILES string of the molecule is CC(CNc1cc(Nc2ccc(C#N)cc2Cl)nc2c(/C=C3\CC(=O)NC3=O)cnn12)N1CCCCC1. The van der Waals surface area contributed by atoms with Gasteiger partial charge >= 0.3 is 0 Å². The van der Waals surface area contributed by atoms with Crippen molar-refractivity contribution >= 4 is 52.5 Å². The second-order valence-corrected chi connectivity index (χ2v) is 9.75. The van der Waals surface area contributed by atoms with Crippen molar-refractivity contribution in [2.24, 2.45) is 0 Å². The van der Waals surface area contributed by atoms with Gasteiger partial charge in [0.15, 0.2) is 5.65 Å². The zero-order valence-electron chi connectivity index (χ0n) is 20.4. The molecule has 0 bridgehead atoms. The van der Waals surface area contributed by atoms with E-state index in [0.29, 0.717) is 51.5 Å². The first kappa shape index (κ1) is 24.7. The first-order valence-electron chi connectivity index (χ1n) is 12.3. The van der Waals surface area contributed by atoms with E-state index in [9.17, 15) is 9.59 Å². The number of anilines is 3. The van der Waals surface area contributed by atoms with Crippen molar-refractivity contribution in [2.75, 3.05) is 30.3 Å². The summed E-state index contributed by atoms with van der Waals surface area (Å²) in [6, 6.07) is 9.25. The van der Waals surface area contributed by atoms with Crippen LogP contribution in [0.1, 0.15) is 43.7 Å². The van der Waals surface area contributed by atoms with Gasteiger partial charge in [-0.1, -0.05) is 18.0 Å². The van der Waals surface area contributed by atoms with Crippen LogP contribution in [0.3, 0.4) is 0 Å². The zero-order chi connectivity index (χ0) is 25.9. The molecular weight excluding hydrogens is 492 g/mol. The van der Waals surface area contributed by atoms with Crippen LogP contribution in [0.2, 0.25) is 5.02 Å². The summed E-state index contributed by atoms with van der Waals surface area (Å²) in [5.41, 5.74) is 2.56. The number of amides is 2. The maximum atomic E-state index is 12.1. The fraction of sp³-hybridized carbons (Fsp3) is 0.346. The first-order chi connectivity index (χ1) is 17.9. The highest BCUT2D eigenvalue weighted by Gasteiger charge is 2.25. The van der Waals surface area contributed by atoms with E-state index in [1.807, 2.05) is 6.07 Å². The number of hydrogen-bond acceptors (Lipinski definition) is 8. The average Bonchev–Trinajstić information content (AvgIpc) is 3.45. The molecule has 0 aliphatic carbocycles. The summed E-state index contributed by atoms with van der Waals surface area (Å²) in [6.07, 6.45) is 7.02. The molecule has 0 spiro atoms. The highest BCUT2D eigenvalue weighted by molar-refractivity contribution is 6.33. The molecule has 0 saturated carbocycles. The molecule has 11 heteroatoms. The van der Waals surface area contributed by atoms with Crippen molar-refractivity contribution in [3.05, 3.63) is 52.2 Å². The molecule has 2 fully saturated rings. The molecule has 2 aliphatic rings. The molecule has 2 aromatic heterocycles. The van der Waals surface area contributed by atoms with Crippen LogP contribution in [-0.4, -0.2) is 57.0 Å². The number of rotatable bonds is 7. The van der Waals surface area contributed by atoms with Gasteiger partial charge in [0.1, 0.15) is 11.6 Å². The number of aromatic nitrogens is 3. The summed E-state index contributed by atoms with van der Waals surface area (Å²) in [6.45, 7) is 5.11. The van der Waals surface area contributed by atoms with Gasteiger partial charge in [-0.3, -0.25) is 19.8 Å². The molecule has 0 radical (unpaired) electrons. The second-order valence-electron chi connectivity index (χ2n) is 9.34. The van der Waals surface area contributed by atoms with Gasteiger partial charge in [-0.2, -0.15) is 14.9 Å². The molecule has 37 heavy (non-hydrogen) atoms. The van der Waals surface area contributed by atoms with Crippen LogP contribution < -0.4 is 16.0 Å². The Morgan fingerprint density at radius 1 is 1.24 bits per heavy atom. The molecule has 5 rings (SSSR count). The minimum absolute atomic E-state index is 0.0212. The molecule has 2 amide bonds. The van der Waals surface area contributed by atoms with Gasteiger partial charge in [0.25, 0.3) is 5.91 Å². The largest absolute Gasteiger partial charge is 0.368 e. The van der Waals surface area contributed by atoms with E-state index in [0.717, 1.165) is 18.9 Å². The number of benzene rings is 1. The monoisotopic (exact) mass is 518 g/mol. The Morgan fingerprint density at radius 2 is 2.05 bits per heavy atom. The number of halogens is 1. The number of nitriles is 1. The highest BCUT2D eigenvalue weighted by atomic mass is 35.5. The molecule has 4 heterocycles. The smallest absolute Gasteiger partial charge is 0.254 e. The van der Waals surface area contributed by atoms with E-state index in [2.05, 4.69) is 38.9 Å². The molecule has 190 valence electrons. The highest BCUT2D eigenvalue weighted by Crippen LogP contribution is 2.29. The number of carbonyl (C=O) groups is 2. The first-order valence-corrected chi connectivity index (χ1v) is 12.7. The molecule has 1 atom stereocenters. The van der Waals surface area contributed by atoms with Crippen LogP contribution in [-0.2, 0) is 9.59 Å². The van der Waals surface area contributed by atoms with E-state index in [1.54, 1.807) is 35.0 Å². The fourth-order valence-electron chi connectivity index (χ4n) is 4.64. The van der Waals surface area contributed by atoms with E-state index < -0.39 is 5.91 Å². The molecule has 10 nitrogen and oxygen atoms in total. The number of fused-ring (bicyclic) bond motifs is 1. The predicted octanol–water partition coefficient (Wildman–Crippen LogP) is 3.71. The van der Waals surface area contributed by atoms with Gasteiger partial charge in [-0.05, 0) is 57.1 Å². The van der Waals surface area contributed by atoms with E-state index in [4.69, 9.17) is 21.8 Å². The quantitative estimate of drug-likeness (QED) is 0.319.